The number of halogens is 4. The molecule has 3 aliphatic rings. The molecule has 1 amide bonds. The summed E-state index contributed by atoms with van der Waals surface area (Å²) in [7, 11) is 0. The SMILES string of the molecule is CC(=O)N[C@H]1[C@H](Oc2cc(O)cc3c2C2(OC(=O)c4c(Cl)c(Cl)c(Cl)c(Cl)c42)c2ccc(Oc4ccc(CCC(=O)O)cc4)cc2O3)O[C@H](CO)[C@@H](O)[C@@H]1O. The normalized spacial score (nSPS) is 23.6. The first kappa shape index (κ1) is 38.8. The number of benzene rings is 4. The third kappa shape index (κ3) is 6.76. The standard InChI is InChI=1S/C37H29Cl4NO13/c1-14(44)42-32-34(49)33(48)23(13-43)54-36(32)53-22-11-16(45)10-21-26(22)37(27-25(35(50)55-37)28(38)30(40)31(41)29(27)39)19-8-7-18(12-20(19)52-21)51-17-5-2-15(3-6-17)4-9-24(46)47/h2-3,5-8,10-12,23,32-34,36,43,45,48-49H,4,9,13H2,1H3,(H,42,44)(H,46,47)/t23-,32-,33-,34-,36-,37?/m1/s1. The monoisotopic (exact) mass is 835 g/mol. The van der Waals surface area contributed by atoms with Gasteiger partial charge in [0.2, 0.25) is 17.8 Å². The molecule has 4 aromatic rings. The lowest BCUT2D eigenvalue weighted by molar-refractivity contribution is -0.244. The Morgan fingerprint density at radius 3 is 2.25 bits per heavy atom. The number of aliphatic hydroxyl groups is 3. The average Bonchev–Trinajstić information content (AvgIpc) is 3.44. The van der Waals surface area contributed by atoms with E-state index in [-0.39, 0.29) is 71.8 Å². The van der Waals surface area contributed by atoms with E-state index in [0.29, 0.717) is 12.2 Å². The minimum Gasteiger partial charge on any atom is -0.508 e. The van der Waals surface area contributed by atoms with Crippen LogP contribution < -0.4 is 19.5 Å². The van der Waals surface area contributed by atoms with E-state index in [1.54, 1.807) is 30.3 Å². The zero-order chi connectivity index (χ0) is 39.5. The number of aromatic hydroxyl groups is 1. The molecule has 3 heterocycles. The number of carbonyl (C=O) groups is 3. The number of esters is 1. The van der Waals surface area contributed by atoms with E-state index in [1.165, 1.54) is 18.2 Å². The number of carboxylic acids is 1. The van der Waals surface area contributed by atoms with Crippen molar-refractivity contribution < 1.29 is 63.6 Å². The van der Waals surface area contributed by atoms with Crippen LogP contribution >= 0.6 is 46.4 Å². The zero-order valence-corrected chi connectivity index (χ0v) is 31.2. The van der Waals surface area contributed by atoms with Crippen molar-refractivity contribution in [3.05, 3.63) is 103 Å². The first-order valence-electron chi connectivity index (χ1n) is 16.5. The predicted octanol–water partition coefficient (Wildman–Crippen LogP) is 5.71. The molecule has 6 N–H and O–H groups in total. The lowest BCUT2D eigenvalue weighted by Crippen LogP contribution is -2.65. The summed E-state index contributed by atoms with van der Waals surface area (Å²) in [5, 5.41) is 53.0. The Bertz CT molecular complexity index is 2240. The molecule has 55 heavy (non-hydrogen) atoms. The van der Waals surface area contributed by atoms with E-state index in [0.717, 1.165) is 18.6 Å². The van der Waals surface area contributed by atoms with Crippen LogP contribution in [0.25, 0.3) is 0 Å². The summed E-state index contributed by atoms with van der Waals surface area (Å²) in [6.07, 6.45) is -6.04. The molecule has 1 fully saturated rings. The van der Waals surface area contributed by atoms with E-state index in [1.807, 2.05) is 0 Å². The second-order valence-electron chi connectivity index (χ2n) is 12.8. The van der Waals surface area contributed by atoms with E-state index in [2.05, 4.69) is 5.32 Å². The Labute approximate surface area is 331 Å². The third-order valence-electron chi connectivity index (χ3n) is 9.30. The first-order chi connectivity index (χ1) is 26.1. The summed E-state index contributed by atoms with van der Waals surface area (Å²) >= 11 is 26.5. The number of hydrogen-bond donors (Lipinski definition) is 6. The molecule has 0 saturated carbocycles. The minimum atomic E-state index is -2.09. The minimum absolute atomic E-state index is 0.0356. The maximum Gasteiger partial charge on any atom is 0.341 e. The van der Waals surface area contributed by atoms with Crippen molar-refractivity contribution in [2.45, 2.75) is 56.0 Å². The van der Waals surface area contributed by atoms with Gasteiger partial charge in [-0.3, -0.25) is 9.59 Å². The van der Waals surface area contributed by atoms with Crippen molar-refractivity contribution >= 4 is 64.2 Å². The van der Waals surface area contributed by atoms with E-state index in [4.69, 9.17) is 75.2 Å². The van der Waals surface area contributed by atoms with Crippen molar-refractivity contribution in [3.63, 3.8) is 0 Å². The van der Waals surface area contributed by atoms with E-state index < -0.39 is 66.4 Å². The van der Waals surface area contributed by atoms with Gasteiger partial charge in [0, 0.05) is 42.7 Å². The highest BCUT2D eigenvalue weighted by molar-refractivity contribution is 6.53. The highest BCUT2D eigenvalue weighted by atomic mass is 35.5. The molecule has 0 aromatic heterocycles. The number of hydrogen-bond acceptors (Lipinski definition) is 12. The van der Waals surface area contributed by atoms with Crippen molar-refractivity contribution in [2.24, 2.45) is 0 Å². The second kappa shape index (κ2) is 14.9. The molecular formula is C37H29Cl4NO13. The van der Waals surface area contributed by atoms with Gasteiger partial charge in [-0.1, -0.05) is 58.5 Å². The zero-order valence-electron chi connectivity index (χ0n) is 28.2. The van der Waals surface area contributed by atoms with Gasteiger partial charge in [0.15, 0.2) is 0 Å². The Hall–Kier alpha value is -4.51. The van der Waals surface area contributed by atoms with Gasteiger partial charge in [-0.25, -0.2) is 4.79 Å². The molecule has 1 saturated heterocycles. The Balaban J connectivity index is 1.39. The van der Waals surface area contributed by atoms with Crippen LogP contribution in [0.1, 0.15) is 46.0 Å². The molecule has 0 bridgehead atoms. The van der Waals surface area contributed by atoms with Crippen LogP contribution in [0.3, 0.4) is 0 Å². The lowest BCUT2D eigenvalue weighted by Gasteiger charge is -2.43. The summed E-state index contributed by atoms with van der Waals surface area (Å²) < 4.78 is 30.7. The molecule has 3 aliphatic heterocycles. The molecule has 14 nitrogen and oxygen atoms in total. The number of fused-ring (bicyclic) bond motifs is 6. The summed E-state index contributed by atoms with van der Waals surface area (Å²) in [6.45, 7) is 0.413. The van der Waals surface area contributed by atoms with Gasteiger partial charge >= 0.3 is 11.9 Å². The van der Waals surface area contributed by atoms with E-state index in [9.17, 15) is 34.8 Å². The van der Waals surface area contributed by atoms with Crippen molar-refractivity contribution in [2.75, 3.05) is 6.61 Å². The van der Waals surface area contributed by atoms with Crippen molar-refractivity contribution in [1.29, 1.82) is 0 Å². The van der Waals surface area contributed by atoms with Crippen LogP contribution in [0.2, 0.25) is 20.1 Å². The highest BCUT2D eigenvalue weighted by Crippen LogP contribution is 2.63. The number of ether oxygens (including phenoxy) is 5. The Morgan fingerprint density at radius 1 is 0.891 bits per heavy atom. The lowest BCUT2D eigenvalue weighted by atomic mass is 9.77. The number of amides is 1. The van der Waals surface area contributed by atoms with Crippen LogP contribution in [0.15, 0.2) is 54.6 Å². The molecule has 288 valence electrons. The molecular weight excluding hydrogens is 808 g/mol. The summed E-state index contributed by atoms with van der Waals surface area (Å²) in [4.78, 5) is 37.1. The Morgan fingerprint density at radius 2 is 1.58 bits per heavy atom. The maximum absolute atomic E-state index is 13.9. The maximum atomic E-state index is 13.9. The van der Waals surface area contributed by atoms with Gasteiger partial charge in [-0.15, -0.1) is 0 Å². The predicted molar refractivity (Wildman–Crippen MR) is 195 cm³/mol. The summed E-state index contributed by atoms with van der Waals surface area (Å²) in [5.74, 6) is -2.62. The van der Waals surface area contributed by atoms with E-state index >= 15 is 0 Å². The Kier molecular flexibility index (Phi) is 10.5. The van der Waals surface area contributed by atoms with Crippen LogP contribution in [0.4, 0.5) is 0 Å². The summed E-state index contributed by atoms with van der Waals surface area (Å²) in [6, 6.07) is 12.3. The number of nitrogens with one attached hydrogen (secondary N) is 1. The number of aliphatic carboxylic acids is 1. The smallest absolute Gasteiger partial charge is 0.341 e. The van der Waals surface area contributed by atoms with Gasteiger partial charge in [-0.2, -0.15) is 0 Å². The van der Waals surface area contributed by atoms with Crippen LogP contribution in [-0.4, -0.2) is 80.6 Å². The van der Waals surface area contributed by atoms with Gasteiger partial charge < -0.3 is 54.5 Å². The van der Waals surface area contributed by atoms with Gasteiger partial charge in [0.25, 0.3) is 0 Å². The van der Waals surface area contributed by atoms with Gasteiger partial charge in [-0.05, 0) is 36.2 Å². The number of carboxylic acid groups (broad SMARTS) is 1. The number of aliphatic hydroxyl groups excluding tert-OH is 3. The van der Waals surface area contributed by atoms with Crippen LogP contribution in [0.5, 0.6) is 34.5 Å². The largest absolute Gasteiger partial charge is 0.508 e. The topological polar surface area (TPSA) is 211 Å². The van der Waals surface area contributed by atoms with Crippen molar-refractivity contribution in [1.82, 2.24) is 5.32 Å². The number of carbonyl (C=O) groups excluding carboxylic acids is 2. The fraction of sp³-hybridized carbons (Fsp3) is 0.270. The molecule has 4 aromatic carbocycles. The molecule has 18 heteroatoms. The summed E-state index contributed by atoms with van der Waals surface area (Å²) in [5.41, 5.74) is -1.51. The van der Waals surface area contributed by atoms with Crippen LogP contribution in [-0.2, 0) is 31.1 Å². The quantitative estimate of drug-likeness (QED) is 0.0679. The molecule has 1 unspecified atom stereocenters. The number of rotatable bonds is 9. The third-order valence-corrected chi connectivity index (χ3v) is 11.1. The number of aryl methyl sites for hydroxylation is 1. The molecule has 6 atom stereocenters. The fourth-order valence-corrected chi connectivity index (χ4v) is 7.92. The van der Waals surface area contributed by atoms with Gasteiger partial charge in [0.1, 0.15) is 58.9 Å². The average molecular weight is 837 g/mol. The molecule has 1 spiro atoms. The number of phenolic OH excluding ortho intramolecular Hbond substituents is 1. The first-order valence-corrected chi connectivity index (χ1v) is 18.0. The van der Waals surface area contributed by atoms with Crippen LogP contribution in [0, 0.1) is 0 Å². The molecule has 7 rings (SSSR count). The number of phenols is 1. The molecule has 0 radical (unpaired) electrons. The second-order valence-corrected chi connectivity index (χ2v) is 14.4. The van der Waals surface area contributed by atoms with Gasteiger partial charge in [0.05, 0.1) is 37.8 Å². The molecule has 0 aliphatic carbocycles. The highest BCUT2D eigenvalue weighted by Gasteiger charge is 2.59. The fourth-order valence-electron chi connectivity index (χ4n) is 6.86. The van der Waals surface area contributed by atoms with Crippen molar-refractivity contribution in [3.8, 4) is 34.5 Å².